The zero-order valence-corrected chi connectivity index (χ0v) is 16.1. The number of hydrogen-bond donors (Lipinski definition) is 1. The molecule has 0 spiro atoms. The molecule has 0 aliphatic heterocycles. The lowest BCUT2D eigenvalue weighted by Gasteiger charge is -2.12. The molecule has 0 aliphatic carbocycles. The van der Waals surface area contributed by atoms with Crippen molar-refractivity contribution in [2.45, 2.75) is 31.9 Å². The number of para-hydroxylation sites is 2. The van der Waals surface area contributed by atoms with Gasteiger partial charge >= 0.3 is 6.61 Å². The molecule has 0 amide bonds. The van der Waals surface area contributed by atoms with E-state index in [2.05, 4.69) is 14.6 Å². The van der Waals surface area contributed by atoms with Crippen molar-refractivity contribution in [2.24, 2.45) is 0 Å². The van der Waals surface area contributed by atoms with E-state index >= 15 is 0 Å². The summed E-state index contributed by atoms with van der Waals surface area (Å²) in [6, 6.07) is 14.7. The van der Waals surface area contributed by atoms with E-state index in [9.17, 15) is 17.2 Å². The van der Waals surface area contributed by atoms with Crippen molar-refractivity contribution in [2.75, 3.05) is 0 Å². The highest BCUT2D eigenvalue weighted by Crippen LogP contribution is 2.25. The molecule has 0 atom stereocenters. The first kappa shape index (κ1) is 20.0. The van der Waals surface area contributed by atoms with Crippen LogP contribution in [0, 0.1) is 13.8 Å². The number of nitrogens with zero attached hydrogens (tertiary/aromatic N) is 2. The Bertz CT molecular complexity index is 1070. The van der Waals surface area contributed by atoms with Gasteiger partial charge in [-0.3, -0.25) is 0 Å². The maximum absolute atomic E-state index is 12.6. The Balaban J connectivity index is 1.86. The summed E-state index contributed by atoms with van der Waals surface area (Å²) in [6.45, 7) is 0.467. The number of rotatable bonds is 7. The SMILES string of the molecule is Cc1nn(-c2ccccc2)c(C)c1CNS(=O)(=O)c1ccccc1OC(F)F. The number of sulfonamides is 1. The summed E-state index contributed by atoms with van der Waals surface area (Å²) in [5, 5.41) is 4.47. The van der Waals surface area contributed by atoms with Crippen LogP contribution in [-0.4, -0.2) is 24.8 Å². The van der Waals surface area contributed by atoms with E-state index in [1.54, 1.807) is 11.6 Å². The van der Waals surface area contributed by atoms with Crippen molar-refractivity contribution in [3.8, 4) is 11.4 Å². The minimum Gasteiger partial charge on any atom is -0.433 e. The van der Waals surface area contributed by atoms with E-state index in [-0.39, 0.29) is 11.4 Å². The molecule has 0 saturated carbocycles. The largest absolute Gasteiger partial charge is 0.433 e. The van der Waals surface area contributed by atoms with Crippen LogP contribution in [0.3, 0.4) is 0 Å². The van der Waals surface area contributed by atoms with Gasteiger partial charge in [0.1, 0.15) is 10.6 Å². The average molecular weight is 407 g/mol. The van der Waals surface area contributed by atoms with Crippen molar-refractivity contribution < 1.29 is 21.9 Å². The summed E-state index contributed by atoms with van der Waals surface area (Å²) in [5.41, 5.74) is 3.01. The van der Waals surface area contributed by atoms with Gasteiger partial charge in [0.2, 0.25) is 10.0 Å². The maximum Gasteiger partial charge on any atom is 0.387 e. The lowest BCUT2D eigenvalue weighted by Crippen LogP contribution is -2.24. The van der Waals surface area contributed by atoms with E-state index < -0.39 is 22.4 Å². The highest BCUT2D eigenvalue weighted by Gasteiger charge is 2.22. The first-order valence-electron chi connectivity index (χ1n) is 8.43. The van der Waals surface area contributed by atoms with Crippen LogP contribution in [0.2, 0.25) is 0 Å². The molecule has 0 saturated heterocycles. The molecule has 0 radical (unpaired) electrons. The van der Waals surface area contributed by atoms with Gasteiger partial charge in [-0.05, 0) is 38.1 Å². The van der Waals surface area contributed by atoms with Gasteiger partial charge in [-0.1, -0.05) is 30.3 Å². The third-order valence-electron chi connectivity index (χ3n) is 4.24. The van der Waals surface area contributed by atoms with Crippen LogP contribution < -0.4 is 9.46 Å². The first-order chi connectivity index (χ1) is 13.3. The monoisotopic (exact) mass is 407 g/mol. The number of halogens is 2. The van der Waals surface area contributed by atoms with Crippen molar-refractivity contribution in [1.29, 1.82) is 0 Å². The minimum absolute atomic E-state index is 0.0319. The fourth-order valence-electron chi connectivity index (χ4n) is 2.86. The summed E-state index contributed by atoms with van der Waals surface area (Å²) in [6.07, 6.45) is 0. The van der Waals surface area contributed by atoms with Crippen LogP contribution in [-0.2, 0) is 16.6 Å². The number of aryl methyl sites for hydroxylation is 1. The molecule has 6 nitrogen and oxygen atoms in total. The molecule has 148 valence electrons. The molecule has 1 N–H and O–H groups in total. The minimum atomic E-state index is -4.07. The summed E-state index contributed by atoms with van der Waals surface area (Å²) in [5.74, 6) is -0.404. The number of hydrogen-bond acceptors (Lipinski definition) is 4. The quantitative estimate of drug-likeness (QED) is 0.650. The molecule has 9 heteroatoms. The Hall–Kier alpha value is -2.78. The Kier molecular flexibility index (Phi) is 5.76. The summed E-state index contributed by atoms with van der Waals surface area (Å²) < 4.78 is 58.9. The molecule has 0 bridgehead atoms. The third-order valence-corrected chi connectivity index (χ3v) is 5.68. The van der Waals surface area contributed by atoms with Gasteiger partial charge in [-0.2, -0.15) is 13.9 Å². The lowest BCUT2D eigenvalue weighted by molar-refractivity contribution is -0.0517. The number of benzene rings is 2. The molecule has 3 rings (SSSR count). The van der Waals surface area contributed by atoms with Crippen LogP contribution >= 0.6 is 0 Å². The fraction of sp³-hybridized carbons (Fsp3) is 0.211. The topological polar surface area (TPSA) is 73.2 Å². The molecule has 28 heavy (non-hydrogen) atoms. The molecule has 0 unspecified atom stereocenters. The molecule has 1 aromatic heterocycles. The van der Waals surface area contributed by atoms with Gasteiger partial charge in [-0.25, -0.2) is 17.8 Å². The van der Waals surface area contributed by atoms with E-state index in [0.717, 1.165) is 11.4 Å². The number of ether oxygens (including phenoxy) is 1. The van der Waals surface area contributed by atoms with Crippen molar-refractivity contribution in [3.05, 3.63) is 71.5 Å². The molecule has 1 heterocycles. The molecule has 3 aromatic rings. The highest BCUT2D eigenvalue weighted by molar-refractivity contribution is 7.89. The maximum atomic E-state index is 12.6. The lowest BCUT2D eigenvalue weighted by atomic mass is 10.2. The first-order valence-corrected chi connectivity index (χ1v) is 9.92. The smallest absolute Gasteiger partial charge is 0.387 e. The summed E-state index contributed by atoms with van der Waals surface area (Å²) >= 11 is 0. The predicted molar refractivity (Wildman–Crippen MR) is 100 cm³/mol. The molecule has 0 aliphatic rings. The number of alkyl halides is 2. The Morgan fingerprint density at radius 3 is 2.39 bits per heavy atom. The van der Waals surface area contributed by atoms with Gasteiger partial charge in [0, 0.05) is 17.8 Å². The normalized spacial score (nSPS) is 11.8. The van der Waals surface area contributed by atoms with Crippen molar-refractivity contribution >= 4 is 10.0 Å². The third kappa shape index (κ3) is 4.20. The standard InChI is InChI=1S/C19H19F2N3O3S/c1-13-16(14(2)24(23-13)15-8-4-3-5-9-15)12-22-28(25,26)18-11-7-6-10-17(18)27-19(20)21/h3-11,19,22H,12H2,1-2H3. The zero-order chi connectivity index (χ0) is 20.3. The predicted octanol–water partition coefficient (Wildman–Crippen LogP) is 3.57. The Labute approximate surface area is 161 Å². The molecule has 0 fully saturated rings. The number of aromatic nitrogens is 2. The van der Waals surface area contributed by atoms with Gasteiger partial charge in [0.25, 0.3) is 0 Å². The molecular formula is C19H19F2N3O3S. The zero-order valence-electron chi connectivity index (χ0n) is 15.3. The molecular weight excluding hydrogens is 388 g/mol. The van der Waals surface area contributed by atoms with Crippen LogP contribution in [0.1, 0.15) is 17.0 Å². The second kappa shape index (κ2) is 8.07. The van der Waals surface area contributed by atoms with E-state index in [1.165, 1.54) is 24.3 Å². The van der Waals surface area contributed by atoms with Gasteiger partial charge in [-0.15, -0.1) is 0 Å². The van der Waals surface area contributed by atoms with Gasteiger partial charge in [0.15, 0.2) is 0 Å². The highest BCUT2D eigenvalue weighted by atomic mass is 32.2. The van der Waals surface area contributed by atoms with Crippen molar-refractivity contribution in [1.82, 2.24) is 14.5 Å². The molecule has 2 aromatic carbocycles. The Morgan fingerprint density at radius 1 is 1.07 bits per heavy atom. The van der Waals surface area contributed by atoms with Crippen LogP contribution in [0.15, 0.2) is 59.5 Å². The number of nitrogens with one attached hydrogen (secondary N) is 1. The van der Waals surface area contributed by atoms with E-state index in [4.69, 9.17) is 0 Å². The van der Waals surface area contributed by atoms with Crippen LogP contribution in [0.25, 0.3) is 5.69 Å². The van der Waals surface area contributed by atoms with Crippen LogP contribution in [0.4, 0.5) is 8.78 Å². The Morgan fingerprint density at radius 2 is 1.71 bits per heavy atom. The average Bonchev–Trinajstić information content (AvgIpc) is 2.94. The van der Waals surface area contributed by atoms with E-state index in [0.29, 0.717) is 11.3 Å². The van der Waals surface area contributed by atoms with Gasteiger partial charge < -0.3 is 4.74 Å². The second-order valence-electron chi connectivity index (χ2n) is 6.05. The van der Waals surface area contributed by atoms with Crippen LogP contribution in [0.5, 0.6) is 5.75 Å². The van der Waals surface area contributed by atoms with Gasteiger partial charge in [0.05, 0.1) is 11.4 Å². The van der Waals surface area contributed by atoms with Crippen molar-refractivity contribution in [3.63, 3.8) is 0 Å². The second-order valence-corrected chi connectivity index (χ2v) is 7.78. The fourth-order valence-corrected chi connectivity index (χ4v) is 3.99. The van der Waals surface area contributed by atoms with E-state index in [1.807, 2.05) is 37.3 Å². The summed E-state index contributed by atoms with van der Waals surface area (Å²) in [4.78, 5) is -0.346. The summed E-state index contributed by atoms with van der Waals surface area (Å²) in [7, 11) is -4.07.